The maximum Gasteiger partial charge on any atom is 0.246 e. The number of benzene rings is 1. The number of rotatable bonds is 8. The number of carbonyl (C=O) groups is 2. The molecule has 0 bridgehead atoms. The van der Waals surface area contributed by atoms with Crippen molar-refractivity contribution < 1.29 is 18.4 Å². The smallest absolute Gasteiger partial charge is 0.246 e. The second-order valence-electron chi connectivity index (χ2n) is 12.4. The minimum atomic E-state index is -0.708. The maximum atomic E-state index is 13.1. The third kappa shape index (κ3) is 12.0. The van der Waals surface area contributed by atoms with Gasteiger partial charge in [-0.05, 0) is 78.2 Å². The summed E-state index contributed by atoms with van der Waals surface area (Å²) in [7, 11) is 0. The Bertz CT molecular complexity index is 1310. The minimum absolute atomic E-state index is 0.113. The van der Waals surface area contributed by atoms with Crippen molar-refractivity contribution in [1.29, 1.82) is 0 Å². The number of aromatic nitrogens is 2. The molecule has 0 unspecified atom stereocenters. The fourth-order valence-corrected chi connectivity index (χ4v) is 5.62. The number of amides is 2. The number of hydrogen-bond acceptors (Lipinski definition) is 5. The predicted octanol–water partition coefficient (Wildman–Crippen LogP) is 7.96. The van der Waals surface area contributed by atoms with Crippen LogP contribution in [0.5, 0.6) is 0 Å². The van der Waals surface area contributed by atoms with Crippen molar-refractivity contribution in [3.63, 3.8) is 0 Å². The first kappa shape index (κ1) is 40.6. The number of halogens is 2. The molecule has 1 saturated heterocycles. The van der Waals surface area contributed by atoms with Crippen molar-refractivity contribution in [1.82, 2.24) is 25.5 Å². The highest BCUT2D eigenvalue weighted by atomic mass is 19.1. The molecule has 1 aromatic heterocycles. The largest absolute Gasteiger partial charge is 0.344 e. The standard InChI is InChI=1S/C24H37N5O2.C9H8F2.2C2H6/c1-16(2)21(31)28-24(14-29(15-24)19-10-8-7-9-11-19)13-20(30)27-23(5,6)22-25-17(3)12-18(4)26-22;1-6(2)8-4-3-7(10)5-9(8)11;2*1-2/h12,19H,1,7-11,13-15H2,2-6H3,(H,27,30)(H,28,31);3-5H,1H2,2H3;2*1-2H3. The molecule has 46 heavy (non-hydrogen) atoms. The predicted molar refractivity (Wildman–Crippen MR) is 185 cm³/mol. The molecule has 2 aliphatic rings. The zero-order chi connectivity index (χ0) is 35.2. The summed E-state index contributed by atoms with van der Waals surface area (Å²) in [5, 5.41) is 6.19. The maximum absolute atomic E-state index is 13.1. The Balaban J connectivity index is 0.000000589. The first-order chi connectivity index (χ1) is 21.6. The molecule has 2 fully saturated rings. The van der Waals surface area contributed by atoms with Gasteiger partial charge in [-0.2, -0.15) is 0 Å². The van der Waals surface area contributed by atoms with Crippen LogP contribution in [-0.2, 0) is 15.1 Å². The van der Waals surface area contributed by atoms with Gasteiger partial charge in [0, 0.05) is 47.7 Å². The average molecular weight is 642 g/mol. The highest BCUT2D eigenvalue weighted by Crippen LogP contribution is 2.33. The second-order valence-corrected chi connectivity index (χ2v) is 12.4. The van der Waals surface area contributed by atoms with E-state index in [2.05, 4.69) is 38.7 Å². The highest BCUT2D eigenvalue weighted by molar-refractivity contribution is 5.93. The zero-order valence-electron chi connectivity index (χ0n) is 29.9. The number of nitrogens with one attached hydrogen (secondary N) is 2. The molecule has 9 heteroatoms. The lowest BCUT2D eigenvalue weighted by molar-refractivity contribution is -0.130. The summed E-state index contributed by atoms with van der Waals surface area (Å²) in [5.74, 6) is -0.827. The number of likely N-dealkylation sites (tertiary alicyclic amines) is 1. The summed E-state index contributed by atoms with van der Waals surface area (Å²) in [4.78, 5) is 37.0. The van der Waals surface area contributed by atoms with Crippen LogP contribution >= 0.6 is 0 Å². The molecule has 0 spiro atoms. The summed E-state index contributed by atoms with van der Waals surface area (Å²) in [6, 6.07) is 5.92. The number of nitrogens with zero attached hydrogens (tertiary/aromatic N) is 3. The number of hydrogen-bond donors (Lipinski definition) is 2. The lowest BCUT2D eigenvalue weighted by Gasteiger charge is -2.54. The Labute approximate surface area is 276 Å². The van der Waals surface area contributed by atoms with Gasteiger partial charge in [-0.1, -0.05) is 60.1 Å². The van der Waals surface area contributed by atoms with E-state index in [1.54, 1.807) is 13.8 Å². The van der Waals surface area contributed by atoms with Crippen molar-refractivity contribution in [2.75, 3.05) is 13.1 Å². The van der Waals surface area contributed by atoms with Crippen molar-refractivity contribution in [2.45, 2.75) is 125 Å². The van der Waals surface area contributed by atoms with Gasteiger partial charge in [0.1, 0.15) is 11.6 Å². The molecule has 1 saturated carbocycles. The molecular weight excluding hydrogens is 584 g/mol. The summed E-state index contributed by atoms with van der Waals surface area (Å²) < 4.78 is 25.1. The normalized spacial score (nSPS) is 15.7. The van der Waals surface area contributed by atoms with Crippen LogP contribution in [0.4, 0.5) is 8.78 Å². The zero-order valence-corrected chi connectivity index (χ0v) is 29.9. The molecule has 2 aromatic rings. The monoisotopic (exact) mass is 641 g/mol. The van der Waals surface area contributed by atoms with E-state index in [9.17, 15) is 18.4 Å². The van der Waals surface area contributed by atoms with Crippen molar-refractivity contribution in [3.05, 3.63) is 77.4 Å². The van der Waals surface area contributed by atoms with E-state index in [1.807, 2.05) is 61.5 Å². The van der Waals surface area contributed by atoms with Crippen LogP contribution in [0.25, 0.3) is 5.57 Å². The molecule has 4 rings (SSSR count). The van der Waals surface area contributed by atoms with E-state index in [1.165, 1.54) is 44.2 Å². The molecule has 1 aliphatic carbocycles. The Hall–Kier alpha value is -3.46. The van der Waals surface area contributed by atoms with Gasteiger partial charge in [0.2, 0.25) is 11.8 Å². The fraction of sp³-hybridized carbons (Fsp3) is 0.568. The molecule has 7 nitrogen and oxygen atoms in total. The Morgan fingerprint density at radius 1 is 0.957 bits per heavy atom. The van der Waals surface area contributed by atoms with Crippen molar-refractivity contribution in [3.8, 4) is 0 Å². The molecule has 1 aliphatic heterocycles. The Morgan fingerprint density at radius 3 is 1.98 bits per heavy atom. The van der Waals surface area contributed by atoms with Gasteiger partial charge >= 0.3 is 0 Å². The van der Waals surface area contributed by atoms with E-state index < -0.39 is 22.7 Å². The number of carbonyl (C=O) groups excluding carboxylic acids is 2. The van der Waals surface area contributed by atoms with Gasteiger partial charge in [0.05, 0.1) is 17.5 Å². The summed E-state index contributed by atoms with van der Waals surface area (Å²) in [6.45, 7) is 27.7. The molecular formula is C37H57F2N5O2. The Kier molecular flexibility index (Phi) is 16.4. The number of allylic oxidation sites excluding steroid dienone is 1. The van der Waals surface area contributed by atoms with Crippen molar-refractivity contribution in [2.24, 2.45) is 0 Å². The average Bonchev–Trinajstić information content (AvgIpc) is 2.97. The summed E-state index contributed by atoms with van der Waals surface area (Å²) >= 11 is 0. The quantitative estimate of drug-likeness (QED) is 0.286. The summed E-state index contributed by atoms with van der Waals surface area (Å²) in [5.41, 5.74) is 1.90. The van der Waals surface area contributed by atoms with E-state index in [0.717, 1.165) is 17.5 Å². The third-order valence-corrected chi connectivity index (χ3v) is 7.75. The van der Waals surface area contributed by atoms with Crippen LogP contribution in [0, 0.1) is 25.5 Å². The summed E-state index contributed by atoms with van der Waals surface area (Å²) in [6.07, 6.45) is 6.46. The number of aryl methyl sites for hydroxylation is 2. The van der Waals surface area contributed by atoms with Crippen LogP contribution < -0.4 is 10.6 Å². The van der Waals surface area contributed by atoms with E-state index >= 15 is 0 Å². The lowest BCUT2D eigenvalue weighted by atomic mass is 9.81. The van der Waals surface area contributed by atoms with Crippen molar-refractivity contribution >= 4 is 17.4 Å². The van der Waals surface area contributed by atoms with Crippen LogP contribution in [0.15, 0.2) is 43.0 Å². The lowest BCUT2D eigenvalue weighted by Crippen LogP contribution is -2.73. The van der Waals surface area contributed by atoms with Crippen LogP contribution in [0.1, 0.15) is 117 Å². The molecule has 2 amide bonds. The van der Waals surface area contributed by atoms with Crippen LogP contribution in [0.3, 0.4) is 0 Å². The minimum Gasteiger partial charge on any atom is -0.344 e. The fourth-order valence-electron chi connectivity index (χ4n) is 5.62. The highest BCUT2D eigenvalue weighted by Gasteiger charge is 2.48. The molecule has 2 N–H and O–H groups in total. The van der Waals surface area contributed by atoms with E-state index in [-0.39, 0.29) is 18.2 Å². The van der Waals surface area contributed by atoms with Gasteiger partial charge in [-0.3, -0.25) is 14.5 Å². The van der Waals surface area contributed by atoms with Gasteiger partial charge in [0.15, 0.2) is 5.82 Å². The Morgan fingerprint density at radius 2 is 1.50 bits per heavy atom. The van der Waals surface area contributed by atoms with Gasteiger partial charge < -0.3 is 10.6 Å². The molecule has 0 atom stereocenters. The topological polar surface area (TPSA) is 87.2 Å². The first-order valence-corrected chi connectivity index (χ1v) is 16.6. The molecule has 256 valence electrons. The van der Waals surface area contributed by atoms with Gasteiger partial charge in [-0.25, -0.2) is 18.7 Å². The van der Waals surface area contributed by atoms with Gasteiger partial charge in [-0.15, -0.1) is 0 Å². The van der Waals surface area contributed by atoms with Crippen LogP contribution in [-0.4, -0.2) is 51.4 Å². The second kappa shape index (κ2) is 18.6. The van der Waals surface area contributed by atoms with E-state index in [4.69, 9.17) is 0 Å². The third-order valence-electron chi connectivity index (χ3n) is 7.75. The van der Waals surface area contributed by atoms with Gasteiger partial charge in [0.25, 0.3) is 0 Å². The molecule has 1 aromatic carbocycles. The molecule has 0 radical (unpaired) electrons. The van der Waals surface area contributed by atoms with Crippen LogP contribution in [0.2, 0.25) is 0 Å². The molecule has 2 heterocycles. The van der Waals surface area contributed by atoms with E-state index in [0.29, 0.717) is 41.7 Å². The first-order valence-electron chi connectivity index (χ1n) is 16.6. The SMILES string of the molecule is C=C(C)C(=O)NC1(CC(=O)NC(C)(C)c2nc(C)cc(C)n2)CN(C2CCCCC2)C1.C=C(C)c1ccc(F)cc1F.CC.CC.